The van der Waals surface area contributed by atoms with Crippen molar-refractivity contribution in [1.29, 1.82) is 0 Å². The third kappa shape index (κ3) is 3.59. The number of hydrogen-bond acceptors (Lipinski definition) is 6. The molecule has 1 amide bonds. The first-order valence-electron chi connectivity index (χ1n) is 5.94. The van der Waals surface area contributed by atoms with E-state index in [2.05, 4.69) is 15.5 Å². The Labute approximate surface area is 126 Å². The van der Waals surface area contributed by atoms with Crippen molar-refractivity contribution in [2.75, 3.05) is 11.6 Å². The molecular weight excluding hydrogens is 318 g/mol. The van der Waals surface area contributed by atoms with Crippen LogP contribution >= 0.6 is 11.6 Å². The summed E-state index contributed by atoms with van der Waals surface area (Å²) in [5.74, 6) is -0.171. The van der Waals surface area contributed by atoms with Crippen molar-refractivity contribution in [3.63, 3.8) is 0 Å². The van der Waals surface area contributed by atoms with Gasteiger partial charge in [-0.05, 0) is 18.2 Å². The van der Waals surface area contributed by atoms with Crippen molar-refractivity contribution in [2.24, 2.45) is 0 Å². The number of rotatable bonds is 4. The van der Waals surface area contributed by atoms with Crippen molar-refractivity contribution in [2.45, 2.75) is 18.2 Å². The minimum Gasteiger partial charge on any atom is -0.408 e. The second kappa shape index (κ2) is 5.82. The molecule has 7 nitrogen and oxygen atoms in total. The van der Waals surface area contributed by atoms with Crippen LogP contribution in [0.2, 0.25) is 5.02 Å². The van der Waals surface area contributed by atoms with Gasteiger partial charge in [0.15, 0.2) is 9.84 Å². The van der Waals surface area contributed by atoms with Gasteiger partial charge in [0.05, 0.1) is 15.5 Å². The van der Waals surface area contributed by atoms with Gasteiger partial charge in [-0.1, -0.05) is 23.6 Å². The fourth-order valence-electron chi connectivity index (χ4n) is 1.52. The Bertz CT molecular complexity index is 786. The number of sulfone groups is 1. The number of aryl methyl sites for hydroxylation is 1. The number of halogens is 1. The van der Waals surface area contributed by atoms with Crippen molar-refractivity contribution >= 4 is 33.4 Å². The Kier molecular flexibility index (Phi) is 4.29. The van der Waals surface area contributed by atoms with Gasteiger partial charge in [-0.25, -0.2) is 8.42 Å². The smallest absolute Gasteiger partial charge is 0.322 e. The maximum absolute atomic E-state index is 12.0. The first-order valence-corrected chi connectivity index (χ1v) is 8.21. The molecule has 1 aromatic carbocycles. The van der Waals surface area contributed by atoms with E-state index in [0.717, 1.165) is 6.26 Å². The first kappa shape index (κ1) is 15.5. The molecule has 0 saturated heterocycles. The number of carbonyl (C=O) groups excluding carboxylic acids is 1. The zero-order valence-electron chi connectivity index (χ0n) is 11.3. The Balaban J connectivity index is 2.23. The van der Waals surface area contributed by atoms with Gasteiger partial charge in [-0.15, -0.1) is 5.10 Å². The highest BCUT2D eigenvalue weighted by Crippen LogP contribution is 2.22. The third-order valence-electron chi connectivity index (χ3n) is 2.60. The second-order valence-electron chi connectivity index (χ2n) is 4.22. The largest absolute Gasteiger partial charge is 0.408 e. The van der Waals surface area contributed by atoms with Gasteiger partial charge in [0, 0.05) is 12.7 Å². The summed E-state index contributed by atoms with van der Waals surface area (Å²) in [7, 11) is -3.38. The van der Waals surface area contributed by atoms with Gasteiger partial charge in [0.25, 0.3) is 5.91 Å². The standard InChI is InChI=1S/C12H12ClN3O4S/c1-3-10-15-16-12(20-10)14-11(17)8-5-4-7(6-9(8)13)21(2,18)19/h4-6H,3H2,1-2H3,(H,14,16,17). The summed E-state index contributed by atoms with van der Waals surface area (Å²) < 4.78 is 28.0. The number of benzene rings is 1. The second-order valence-corrected chi connectivity index (χ2v) is 6.65. The van der Waals surface area contributed by atoms with Gasteiger partial charge < -0.3 is 4.42 Å². The quantitative estimate of drug-likeness (QED) is 0.919. The van der Waals surface area contributed by atoms with E-state index in [1.165, 1.54) is 18.2 Å². The Morgan fingerprint density at radius 3 is 2.62 bits per heavy atom. The van der Waals surface area contributed by atoms with E-state index < -0.39 is 15.7 Å². The molecule has 112 valence electrons. The third-order valence-corrected chi connectivity index (χ3v) is 4.03. The van der Waals surface area contributed by atoms with Crippen LogP contribution in [0.25, 0.3) is 0 Å². The lowest BCUT2D eigenvalue weighted by Crippen LogP contribution is -2.13. The molecule has 0 aliphatic rings. The van der Waals surface area contributed by atoms with Gasteiger partial charge in [0.1, 0.15) is 0 Å². The maximum Gasteiger partial charge on any atom is 0.322 e. The van der Waals surface area contributed by atoms with Crippen LogP contribution in [0.15, 0.2) is 27.5 Å². The zero-order valence-corrected chi connectivity index (χ0v) is 12.8. The molecule has 1 aromatic heterocycles. The van der Waals surface area contributed by atoms with Crippen molar-refractivity contribution in [3.8, 4) is 0 Å². The maximum atomic E-state index is 12.0. The molecule has 0 atom stereocenters. The van der Waals surface area contributed by atoms with Crippen LogP contribution in [0.5, 0.6) is 0 Å². The fraction of sp³-hybridized carbons (Fsp3) is 0.250. The number of hydrogen-bond donors (Lipinski definition) is 1. The highest BCUT2D eigenvalue weighted by molar-refractivity contribution is 7.90. The SMILES string of the molecule is CCc1nnc(NC(=O)c2ccc(S(C)(=O)=O)cc2Cl)o1. The van der Waals surface area contributed by atoms with Crippen LogP contribution in [0.3, 0.4) is 0 Å². The Morgan fingerprint density at radius 2 is 2.10 bits per heavy atom. The van der Waals surface area contributed by atoms with Gasteiger partial charge in [-0.2, -0.15) is 0 Å². The van der Waals surface area contributed by atoms with E-state index in [1.807, 2.05) is 6.92 Å². The predicted molar refractivity (Wildman–Crippen MR) is 76.2 cm³/mol. The van der Waals surface area contributed by atoms with Crippen molar-refractivity contribution in [3.05, 3.63) is 34.7 Å². The van der Waals surface area contributed by atoms with Crippen LogP contribution in [0.4, 0.5) is 6.01 Å². The molecule has 0 spiro atoms. The number of anilines is 1. The highest BCUT2D eigenvalue weighted by Gasteiger charge is 2.16. The van der Waals surface area contributed by atoms with E-state index in [-0.39, 0.29) is 21.5 Å². The van der Waals surface area contributed by atoms with Gasteiger partial charge in [-0.3, -0.25) is 10.1 Å². The predicted octanol–water partition coefficient (Wildman–Crippen LogP) is 1.94. The average molecular weight is 330 g/mol. The lowest BCUT2D eigenvalue weighted by atomic mass is 10.2. The van der Waals surface area contributed by atoms with Crippen LogP contribution < -0.4 is 5.32 Å². The van der Waals surface area contributed by atoms with Crippen LogP contribution in [0.1, 0.15) is 23.2 Å². The molecule has 1 heterocycles. The first-order chi connectivity index (χ1) is 9.81. The average Bonchev–Trinajstić information content (AvgIpc) is 2.85. The molecule has 1 N–H and O–H groups in total. The van der Waals surface area contributed by atoms with E-state index in [4.69, 9.17) is 16.0 Å². The van der Waals surface area contributed by atoms with Crippen LogP contribution in [-0.4, -0.2) is 30.8 Å². The summed E-state index contributed by atoms with van der Waals surface area (Å²) in [6, 6.07) is 3.81. The van der Waals surface area contributed by atoms with Crippen molar-refractivity contribution in [1.82, 2.24) is 10.2 Å². The topological polar surface area (TPSA) is 102 Å². The normalized spacial score (nSPS) is 11.4. The van der Waals surface area contributed by atoms with Gasteiger partial charge >= 0.3 is 6.01 Å². The van der Waals surface area contributed by atoms with Crippen LogP contribution in [0, 0.1) is 0 Å². The molecule has 0 fully saturated rings. The molecule has 0 saturated carbocycles. The molecule has 21 heavy (non-hydrogen) atoms. The molecule has 9 heteroatoms. The monoisotopic (exact) mass is 329 g/mol. The van der Waals surface area contributed by atoms with E-state index in [0.29, 0.717) is 12.3 Å². The molecule has 0 bridgehead atoms. The van der Waals surface area contributed by atoms with E-state index >= 15 is 0 Å². The number of aromatic nitrogens is 2. The highest BCUT2D eigenvalue weighted by atomic mass is 35.5. The summed E-state index contributed by atoms with van der Waals surface area (Å²) in [5, 5.41) is 9.78. The Hall–Kier alpha value is -1.93. The Morgan fingerprint density at radius 1 is 1.38 bits per heavy atom. The van der Waals surface area contributed by atoms with Crippen LogP contribution in [-0.2, 0) is 16.3 Å². The minimum absolute atomic E-state index is 0.0191. The minimum atomic E-state index is -3.38. The molecule has 0 unspecified atom stereocenters. The molecular formula is C12H12ClN3O4S. The van der Waals surface area contributed by atoms with E-state index in [9.17, 15) is 13.2 Å². The molecule has 0 radical (unpaired) electrons. The molecule has 2 aromatic rings. The summed E-state index contributed by atoms with van der Waals surface area (Å²) in [6.45, 7) is 1.83. The number of nitrogens with zero attached hydrogens (tertiary/aromatic N) is 2. The van der Waals surface area contributed by atoms with E-state index in [1.54, 1.807) is 0 Å². The lowest BCUT2D eigenvalue weighted by molar-refractivity contribution is 0.102. The molecule has 0 aliphatic carbocycles. The summed E-state index contributed by atoms with van der Waals surface area (Å²) >= 11 is 5.94. The van der Waals surface area contributed by atoms with Crippen molar-refractivity contribution < 1.29 is 17.6 Å². The summed E-state index contributed by atoms with van der Waals surface area (Å²) in [4.78, 5) is 12.1. The zero-order chi connectivity index (χ0) is 15.6. The number of carbonyl (C=O) groups is 1. The molecule has 2 rings (SSSR count). The summed E-state index contributed by atoms with van der Waals surface area (Å²) in [5.41, 5.74) is 0.111. The lowest BCUT2D eigenvalue weighted by Gasteiger charge is -2.05. The number of amides is 1. The molecule has 0 aliphatic heterocycles. The fourth-order valence-corrected chi connectivity index (χ4v) is 2.50. The number of nitrogens with one attached hydrogen (secondary N) is 1. The van der Waals surface area contributed by atoms with Gasteiger partial charge in [0.2, 0.25) is 5.89 Å². The summed E-state index contributed by atoms with van der Waals surface area (Å²) in [6.07, 6.45) is 1.61.